The summed E-state index contributed by atoms with van der Waals surface area (Å²) in [7, 11) is 3.37. The fourth-order valence-electron chi connectivity index (χ4n) is 2.63. The predicted octanol–water partition coefficient (Wildman–Crippen LogP) is 3.59. The van der Waals surface area contributed by atoms with Gasteiger partial charge in [-0.25, -0.2) is 0 Å². The van der Waals surface area contributed by atoms with Crippen molar-refractivity contribution in [2.75, 3.05) is 14.2 Å². The normalized spacial score (nSPS) is 13.4. The van der Waals surface area contributed by atoms with Gasteiger partial charge in [0, 0.05) is 37.2 Å². The maximum absolute atomic E-state index is 5.29. The van der Waals surface area contributed by atoms with Gasteiger partial charge in [0.2, 0.25) is 0 Å². The van der Waals surface area contributed by atoms with Gasteiger partial charge in [0.25, 0.3) is 0 Å². The van der Waals surface area contributed by atoms with Gasteiger partial charge >= 0.3 is 0 Å². The van der Waals surface area contributed by atoms with Crippen LogP contribution in [0.1, 0.15) is 30.5 Å². The highest BCUT2D eigenvalue weighted by molar-refractivity contribution is 5.85. The Labute approximate surface area is 108 Å². The van der Waals surface area contributed by atoms with E-state index in [1.165, 1.54) is 22.2 Å². The van der Waals surface area contributed by atoms with Gasteiger partial charge < -0.3 is 14.5 Å². The predicted molar refractivity (Wildman–Crippen MR) is 73.9 cm³/mol. The third kappa shape index (κ3) is 2.42. The van der Waals surface area contributed by atoms with E-state index in [2.05, 4.69) is 43.1 Å². The number of methoxy groups -OCH3 is 2. The number of rotatable bonds is 5. The average Bonchev–Trinajstić information content (AvgIpc) is 2.71. The van der Waals surface area contributed by atoms with E-state index in [-0.39, 0.29) is 6.29 Å². The molecule has 0 saturated carbocycles. The Bertz CT molecular complexity index is 514. The van der Waals surface area contributed by atoms with Crippen molar-refractivity contribution < 1.29 is 9.47 Å². The molecule has 2 rings (SSSR count). The SMILES string of the molecule is COC(CC(C)c1c(C)[nH]c2ccccc12)OC. The summed E-state index contributed by atoms with van der Waals surface area (Å²) in [5.41, 5.74) is 3.79. The van der Waals surface area contributed by atoms with Crippen LogP contribution in [0, 0.1) is 6.92 Å². The lowest BCUT2D eigenvalue weighted by Crippen LogP contribution is -2.16. The van der Waals surface area contributed by atoms with Crippen LogP contribution in [0.15, 0.2) is 24.3 Å². The molecule has 0 fully saturated rings. The van der Waals surface area contributed by atoms with Crippen molar-refractivity contribution in [3.63, 3.8) is 0 Å². The zero-order valence-corrected chi connectivity index (χ0v) is 11.5. The summed E-state index contributed by atoms with van der Waals surface area (Å²) in [4.78, 5) is 3.44. The molecule has 1 N–H and O–H groups in total. The van der Waals surface area contributed by atoms with Crippen LogP contribution in [0.5, 0.6) is 0 Å². The standard InChI is InChI=1S/C15H21NO2/c1-10(9-14(17-3)18-4)15-11(2)16-13-8-6-5-7-12(13)15/h5-8,10,14,16H,9H2,1-4H3. The molecule has 3 nitrogen and oxygen atoms in total. The van der Waals surface area contributed by atoms with Gasteiger partial charge in [-0.1, -0.05) is 25.1 Å². The quantitative estimate of drug-likeness (QED) is 0.819. The number of H-pyrrole nitrogens is 1. The van der Waals surface area contributed by atoms with E-state index in [1.807, 2.05) is 0 Å². The van der Waals surface area contributed by atoms with Crippen molar-refractivity contribution >= 4 is 10.9 Å². The molecule has 2 aromatic rings. The summed E-state index contributed by atoms with van der Waals surface area (Å²) in [5.74, 6) is 0.394. The van der Waals surface area contributed by atoms with Crippen LogP contribution in [0.2, 0.25) is 0 Å². The largest absolute Gasteiger partial charge is 0.358 e. The zero-order chi connectivity index (χ0) is 13.1. The maximum atomic E-state index is 5.29. The van der Waals surface area contributed by atoms with Crippen LogP contribution in [0.25, 0.3) is 10.9 Å². The van der Waals surface area contributed by atoms with Crippen LogP contribution in [0.4, 0.5) is 0 Å². The molecule has 0 amide bonds. The summed E-state index contributed by atoms with van der Waals surface area (Å²) >= 11 is 0. The Morgan fingerprint density at radius 1 is 1.17 bits per heavy atom. The molecule has 0 spiro atoms. The summed E-state index contributed by atoms with van der Waals surface area (Å²) in [5, 5.41) is 1.30. The van der Waals surface area contributed by atoms with Crippen molar-refractivity contribution in [2.24, 2.45) is 0 Å². The highest BCUT2D eigenvalue weighted by Crippen LogP contribution is 2.31. The molecule has 0 saturated heterocycles. The van der Waals surface area contributed by atoms with E-state index in [0.29, 0.717) is 5.92 Å². The fourth-order valence-corrected chi connectivity index (χ4v) is 2.63. The van der Waals surface area contributed by atoms with Crippen molar-refractivity contribution in [3.05, 3.63) is 35.5 Å². The molecule has 18 heavy (non-hydrogen) atoms. The minimum absolute atomic E-state index is 0.145. The number of aryl methyl sites for hydroxylation is 1. The van der Waals surface area contributed by atoms with Crippen molar-refractivity contribution in [1.82, 2.24) is 4.98 Å². The average molecular weight is 247 g/mol. The minimum atomic E-state index is -0.145. The topological polar surface area (TPSA) is 34.2 Å². The molecule has 1 heterocycles. The van der Waals surface area contributed by atoms with Gasteiger partial charge in [-0.2, -0.15) is 0 Å². The summed E-state index contributed by atoms with van der Waals surface area (Å²) < 4.78 is 10.6. The first kappa shape index (κ1) is 13.1. The molecule has 1 aromatic heterocycles. The lowest BCUT2D eigenvalue weighted by molar-refractivity contribution is -0.108. The van der Waals surface area contributed by atoms with E-state index in [0.717, 1.165) is 6.42 Å². The molecular formula is C15H21NO2. The first-order valence-electron chi connectivity index (χ1n) is 6.30. The maximum Gasteiger partial charge on any atom is 0.157 e. The van der Waals surface area contributed by atoms with Crippen LogP contribution in [-0.4, -0.2) is 25.5 Å². The first-order chi connectivity index (χ1) is 8.67. The lowest BCUT2D eigenvalue weighted by atomic mass is 9.94. The number of aromatic nitrogens is 1. The number of para-hydroxylation sites is 1. The monoisotopic (exact) mass is 247 g/mol. The van der Waals surface area contributed by atoms with Gasteiger partial charge in [0.05, 0.1) is 0 Å². The van der Waals surface area contributed by atoms with Gasteiger partial charge in [0.1, 0.15) is 0 Å². The first-order valence-corrected chi connectivity index (χ1v) is 6.30. The summed E-state index contributed by atoms with van der Waals surface area (Å²) in [6.45, 7) is 4.34. The number of nitrogens with one attached hydrogen (secondary N) is 1. The van der Waals surface area contributed by atoms with Gasteiger partial charge in [-0.3, -0.25) is 0 Å². The highest BCUT2D eigenvalue weighted by Gasteiger charge is 2.18. The zero-order valence-electron chi connectivity index (χ0n) is 11.5. The second kappa shape index (κ2) is 5.55. The fraction of sp³-hybridized carbons (Fsp3) is 0.467. The molecule has 3 heteroatoms. The molecular weight excluding hydrogens is 226 g/mol. The Hall–Kier alpha value is -1.32. The van der Waals surface area contributed by atoms with Crippen LogP contribution in [-0.2, 0) is 9.47 Å². The van der Waals surface area contributed by atoms with Crippen LogP contribution in [0.3, 0.4) is 0 Å². The third-order valence-corrected chi connectivity index (χ3v) is 3.51. The van der Waals surface area contributed by atoms with Gasteiger partial charge in [0.15, 0.2) is 6.29 Å². The molecule has 0 aliphatic rings. The lowest BCUT2D eigenvalue weighted by Gasteiger charge is -2.19. The number of hydrogen-bond acceptors (Lipinski definition) is 2. The molecule has 98 valence electrons. The number of hydrogen-bond donors (Lipinski definition) is 1. The molecule has 0 aliphatic heterocycles. The Balaban J connectivity index is 2.32. The second-order valence-electron chi connectivity index (χ2n) is 4.75. The van der Waals surface area contributed by atoms with Crippen molar-refractivity contribution in [2.45, 2.75) is 32.5 Å². The number of fused-ring (bicyclic) bond motifs is 1. The van der Waals surface area contributed by atoms with E-state index in [1.54, 1.807) is 14.2 Å². The number of benzene rings is 1. The molecule has 1 unspecified atom stereocenters. The van der Waals surface area contributed by atoms with E-state index in [9.17, 15) is 0 Å². The number of aromatic amines is 1. The minimum Gasteiger partial charge on any atom is -0.358 e. The Kier molecular flexibility index (Phi) is 4.04. The van der Waals surface area contributed by atoms with Gasteiger partial charge in [-0.15, -0.1) is 0 Å². The smallest absolute Gasteiger partial charge is 0.157 e. The third-order valence-electron chi connectivity index (χ3n) is 3.51. The van der Waals surface area contributed by atoms with Crippen molar-refractivity contribution in [1.29, 1.82) is 0 Å². The summed E-state index contributed by atoms with van der Waals surface area (Å²) in [6, 6.07) is 8.41. The van der Waals surface area contributed by atoms with E-state index in [4.69, 9.17) is 9.47 Å². The Morgan fingerprint density at radius 2 is 1.83 bits per heavy atom. The Morgan fingerprint density at radius 3 is 2.50 bits per heavy atom. The molecule has 0 radical (unpaired) electrons. The second-order valence-corrected chi connectivity index (χ2v) is 4.75. The molecule has 1 atom stereocenters. The van der Waals surface area contributed by atoms with E-state index < -0.39 is 0 Å². The highest BCUT2D eigenvalue weighted by atomic mass is 16.7. The van der Waals surface area contributed by atoms with Crippen LogP contribution >= 0.6 is 0 Å². The van der Waals surface area contributed by atoms with Crippen LogP contribution < -0.4 is 0 Å². The molecule has 0 aliphatic carbocycles. The van der Waals surface area contributed by atoms with Crippen molar-refractivity contribution in [3.8, 4) is 0 Å². The summed E-state index contributed by atoms with van der Waals surface area (Å²) in [6.07, 6.45) is 0.712. The molecule has 1 aromatic carbocycles. The molecule has 0 bridgehead atoms. The van der Waals surface area contributed by atoms with E-state index >= 15 is 0 Å². The van der Waals surface area contributed by atoms with Gasteiger partial charge in [-0.05, 0) is 24.5 Å². The number of ether oxygens (including phenoxy) is 2.